The maximum atomic E-state index is 14.2. The lowest BCUT2D eigenvalue weighted by Gasteiger charge is -2.37. The van der Waals surface area contributed by atoms with Crippen LogP contribution in [0.2, 0.25) is 0 Å². The number of ether oxygens (including phenoxy) is 3. The molecule has 2 aromatic heterocycles. The average Bonchev–Trinajstić information content (AvgIpc) is 4.02. The zero-order chi connectivity index (χ0) is 54.7. The monoisotopic (exact) mass is 1060 g/mol. The number of carbonyl (C=O) groups is 4. The molecular formula is C59H79N7O9S. The number of aliphatic hydroxyl groups is 1. The summed E-state index contributed by atoms with van der Waals surface area (Å²) in [6.45, 7) is 20.6. The number of Topliss-reactive ketones (excluding diaryl/α,β-unsaturated/α-hetero) is 1. The molecule has 17 heteroatoms. The molecule has 0 aliphatic carbocycles. The van der Waals surface area contributed by atoms with Gasteiger partial charge in [-0.2, -0.15) is 0 Å². The number of H-pyrrole nitrogens is 1. The third kappa shape index (κ3) is 14.8. The second kappa shape index (κ2) is 26.5. The van der Waals surface area contributed by atoms with Crippen LogP contribution in [-0.2, 0) is 41.6 Å². The number of amides is 3. The van der Waals surface area contributed by atoms with Crippen molar-refractivity contribution >= 4 is 45.9 Å². The molecule has 0 saturated carbocycles. The predicted octanol–water partition coefficient (Wildman–Crippen LogP) is 7.71. The molecule has 5 N–H and O–H groups in total. The Balaban J connectivity index is 0.873. The average molecular weight is 1060 g/mol. The number of β-amino-alcohol motifs (C(OH)–C–C–N with tert-alkyl or cyclic N) is 1. The van der Waals surface area contributed by atoms with Gasteiger partial charge in [-0.3, -0.25) is 29.0 Å². The molecule has 4 atom stereocenters. The number of nitrogens with zero attached hydrogens (tertiary/aromatic N) is 3. The molecule has 3 aliphatic heterocycles. The van der Waals surface area contributed by atoms with Crippen LogP contribution in [0.15, 0.2) is 71.3 Å². The molecule has 2 fully saturated rings. The molecule has 2 aromatic carbocycles. The van der Waals surface area contributed by atoms with E-state index < -0.39 is 23.5 Å². The Labute approximate surface area is 452 Å². The molecule has 0 spiro atoms. The van der Waals surface area contributed by atoms with E-state index in [4.69, 9.17) is 19.2 Å². The lowest BCUT2D eigenvalue weighted by atomic mass is 9.77. The number of pyridine rings is 2. The van der Waals surface area contributed by atoms with E-state index in [0.717, 1.165) is 81.4 Å². The number of aryl methyl sites for hydroxylation is 3. The highest BCUT2D eigenvalue weighted by Crippen LogP contribution is 2.37. The number of anilines is 1. The number of aromatic nitrogens is 2. The van der Waals surface area contributed by atoms with Crippen molar-refractivity contribution in [1.82, 2.24) is 30.8 Å². The van der Waals surface area contributed by atoms with Gasteiger partial charge in [0.2, 0.25) is 11.8 Å². The van der Waals surface area contributed by atoms with Gasteiger partial charge in [0.1, 0.15) is 12.6 Å². The van der Waals surface area contributed by atoms with Crippen molar-refractivity contribution in [3.63, 3.8) is 0 Å². The fraction of sp³-hybridized carbons (Fsp3) is 0.525. The fourth-order valence-corrected chi connectivity index (χ4v) is 11.5. The molecule has 7 rings (SSSR count). The van der Waals surface area contributed by atoms with Gasteiger partial charge in [-0.15, -0.1) is 11.8 Å². The number of aromatic amines is 1. The second-order valence-corrected chi connectivity index (χ2v) is 22.5. The van der Waals surface area contributed by atoms with Gasteiger partial charge >= 0.3 is 0 Å². The molecule has 410 valence electrons. The van der Waals surface area contributed by atoms with E-state index in [1.54, 1.807) is 11.8 Å². The van der Waals surface area contributed by atoms with Crippen molar-refractivity contribution in [2.45, 2.75) is 132 Å². The maximum absolute atomic E-state index is 14.2. The lowest BCUT2D eigenvalue weighted by Crippen LogP contribution is -2.50. The number of ketones is 1. The number of nitrogens with one attached hydrogen (secondary N) is 4. The summed E-state index contributed by atoms with van der Waals surface area (Å²) in [5, 5.41) is 20.1. The Morgan fingerprint density at radius 3 is 2.34 bits per heavy atom. The van der Waals surface area contributed by atoms with E-state index in [9.17, 15) is 29.1 Å². The number of aliphatic hydroxyl groups excluding tert-OH is 1. The number of likely N-dealkylation sites (tertiary alicyclic amines) is 1. The zero-order valence-corrected chi connectivity index (χ0v) is 46.8. The summed E-state index contributed by atoms with van der Waals surface area (Å²) in [7, 11) is 0. The van der Waals surface area contributed by atoms with Crippen molar-refractivity contribution < 1.29 is 38.5 Å². The standard InChI is InChI=1S/C59H79N7O9S/c1-10-65(46-19-22-74-23-20-46)52-28-44(27-49(38(52)4)55(69)61-32-50-36(2)26-37(3)63-56(50)70)43-17-18-45(60-31-43)12-11-21-73-24-25-75-34-48(68)29-51(59(7,8)9)58(72)66-33-47(67)30-53(66)57(71)64-39(5)41-13-15-42(16-14-41)54-40(6)62-35-76-54/h13-18,26-28,31,39,46-47,51,53,62,67H,10-12,19-25,29-30,32-35H2,1-9H3,(H,61,69)(H,63,70)(H,64,71)/t39-,47+,51+,53-/m0/s1. The number of carbonyl (C=O) groups excluding carboxylic acids is 4. The summed E-state index contributed by atoms with van der Waals surface area (Å²) >= 11 is 1.76. The van der Waals surface area contributed by atoms with Crippen LogP contribution < -0.4 is 26.4 Å². The van der Waals surface area contributed by atoms with Crippen LogP contribution in [0.1, 0.15) is 129 Å². The van der Waals surface area contributed by atoms with Gasteiger partial charge in [0.15, 0.2) is 5.78 Å². The Morgan fingerprint density at radius 2 is 1.68 bits per heavy atom. The molecule has 5 heterocycles. The third-order valence-corrected chi connectivity index (χ3v) is 16.0. The van der Waals surface area contributed by atoms with E-state index in [-0.39, 0.29) is 86.9 Å². The summed E-state index contributed by atoms with van der Waals surface area (Å²) in [6, 6.07) is 17.2. The minimum Gasteiger partial charge on any atom is -0.391 e. The van der Waals surface area contributed by atoms with Crippen molar-refractivity contribution in [3.8, 4) is 11.1 Å². The van der Waals surface area contributed by atoms with Gasteiger partial charge in [-0.25, -0.2) is 0 Å². The Hall–Kier alpha value is -5.85. The van der Waals surface area contributed by atoms with Gasteiger partial charge in [-0.05, 0) is 125 Å². The number of allylic oxidation sites excluding steroid dienone is 1. The molecule has 3 amide bonds. The first-order valence-corrected chi connectivity index (χ1v) is 27.9. The highest BCUT2D eigenvalue weighted by Gasteiger charge is 2.44. The van der Waals surface area contributed by atoms with E-state index in [2.05, 4.69) is 45.7 Å². The minimum absolute atomic E-state index is 0.0177. The zero-order valence-electron chi connectivity index (χ0n) is 45.9. The summed E-state index contributed by atoms with van der Waals surface area (Å²) in [5.74, 6) is -1.04. The molecule has 3 aliphatic rings. The van der Waals surface area contributed by atoms with Crippen LogP contribution in [0, 0.1) is 32.1 Å². The van der Waals surface area contributed by atoms with Gasteiger partial charge in [0.05, 0.1) is 31.2 Å². The number of thioether (sulfide) groups is 1. The Morgan fingerprint density at radius 1 is 0.961 bits per heavy atom. The molecule has 76 heavy (non-hydrogen) atoms. The summed E-state index contributed by atoms with van der Waals surface area (Å²) < 4.78 is 17.2. The first-order chi connectivity index (χ1) is 36.3. The van der Waals surface area contributed by atoms with Crippen LogP contribution >= 0.6 is 11.8 Å². The summed E-state index contributed by atoms with van der Waals surface area (Å²) in [4.78, 5) is 80.6. The smallest absolute Gasteiger partial charge is 0.253 e. The SMILES string of the molecule is CCN(c1cc(-c2ccc(CCCOCCOCC(=O)C[C@H](C(=O)N3C[C@H](O)C[C@H]3C(=O)N[C@@H](C)c3ccc(C4=C(C)NCS4)cc3)C(C)(C)C)nc2)cc(C(=O)NCc2c(C)cc(C)[nH]c2=O)c1C)C1CCOCC1. The second-order valence-electron chi connectivity index (χ2n) is 21.6. The van der Waals surface area contributed by atoms with E-state index in [1.807, 2.05) is 103 Å². The molecule has 2 saturated heterocycles. The van der Waals surface area contributed by atoms with Crippen molar-refractivity contribution in [2.75, 3.05) is 63.5 Å². The summed E-state index contributed by atoms with van der Waals surface area (Å²) in [6.07, 6.45) is 4.23. The van der Waals surface area contributed by atoms with Gasteiger partial charge in [-0.1, -0.05) is 51.1 Å². The van der Waals surface area contributed by atoms with E-state index in [1.165, 1.54) is 9.81 Å². The number of benzene rings is 2. The molecule has 0 bridgehead atoms. The number of hydrogen-bond donors (Lipinski definition) is 5. The molecule has 4 aromatic rings. The van der Waals surface area contributed by atoms with Gasteiger partial charge in [0.25, 0.3) is 11.5 Å². The summed E-state index contributed by atoms with van der Waals surface area (Å²) in [5.41, 5.74) is 9.55. The third-order valence-electron chi connectivity index (χ3n) is 14.9. The molecular weight excluding hydrogens is 983 g/mol. The largest absolute Gasteiger partial charge is 0.391 e. The minimum atomic E-state index is -0.862. The van der Waals surface area contributed by atoms with Crippen molar-refractivity contribution in [3.05, 3.63) is 122 Å². The molecule has 16 nitrogen and oxygen atoms in total. The van der Waals surface area contributed by atoms with Gasteiger partial charge in [0, 0.05) is 115 Å². The highest BCUT2D eigenvalue weighted by atomic mass is 32.2. The topological polar surface area (TPSA) is 205 Å². The van der Waals surface area contributed by atoms with Gasteiger partial charge < -0.3 is 50.1 Å². The number of hydrogen-bond acceptors (Lipinski definition) is 13. The van der Waals surface area contributed by atoms with E-state index >= 15 is 0 Å². The first kappa shape index (κ1) is 57.8. The quantitative estimate of drug-likeness (QED) is 0.0453. The lowest BCUT2D eigenvalue weighted by molar-refractivity contribution is -0.147. The maximum Gasteiger partial charge on any atom is 0.253 e. The normalized spacial score (nSPS) is 17.8. The van der Waals surface area contributed by atoms with Crippen molar-refractivity contribution in [2.24, 2.45) is 11.3 Å². The Kier molecular flexibility index (Phi) is 20.1. The number of rotatable bonds is 23. The van der Waals surface area contributed by atoms with Crippen LogP contribution in [0.4, 0.5) is 5.69 Å². The van der Waals surface area contributed by atoms with Crippen LogP contribution in [0.5, 0.6) is 0 Å². The Bertz CT molecular complexity index is 2770. The van der Waals surface area contributed by atoms with Crippen molar-refractivity contribution in [1.29, 1.82) is 0 Å². The fourth-order valence-electron chi connectivity index (χ4n) is 10.5. The van der Waals surface area contributed by atoms with Crippen LogP contribution in [0.3, 0.4) is 0 Å². The van der Waals surface area contributed by atoms with E-state index in [0.29, 0.717) is 43.8 Å². The predicted molar refractivity (Wildman–Crippen MR) is 299 cm³/mol. The highest BCUT2D eigenvalue weighted by molar-refractivity contribution is 8.08. The van der Waals surface area contributed by atoms with Crippen LogP contribution in [0.25, 0.3) is 16.0 Å². The molecule has 0 unspecified atom stereocenters. The van der Waals surface area contributed by atoms with Crippen LogP contribution in [-0.4, -0.2) is 120 Å². The first-order valence-electron chi connectivity index (χ1n) is 26.9. The molecule has 0 radical (unpaired) electrons.